The standard InChI is InChI=1S/C34H30O4/c35-33(28-19-18-23-10-4-5-13-25(23)20-28)38-32(24-11-2-1-3-12-24)34(36)37-22-31-29-16-8-6-14-26(29)21-27-15-7-9-17-30(27)31/h4-10,13-21,24,32H,1-3,11-12,22H2/t32-/m0/s1. The van der Waals surface area contributed by atoms with Crippen LogP contribution in [0.15, 0.2) is 97.1 Å². The second kappa shape index (κ2) is 10.7. The van der Waals surface area contributed by atoms with Gasteiger partial charge in [-0.15, -0.1) is 0 Å². The van der Waals surface area contributed by atoms with Crippen molar-refractivity contribution < 1.29 is 19.1 Å². The lowest BCUT2D eigenvalue weighted by Gasteiger charge is -2.28. The number of carbonyl (C=O) groups is 2. The summed E-state index contributed by atoms with van der Waals surface area (Å²) in [5.41, 5.74) is 1.41. The fourth-order valence-electron chi connectivity index (χ4n) is 5.76. The Kier molecular flexibility index (Phi) is 6.78. The van der Waals surface area contributed by atoms with Crippen molar-refractivity contribution in [2.24, 2.45) is 5.92 Å². The molecule has 0 aromatic heterocycles. The maximum absolute atomic E-state index is 13.6. The van der Waals surface area contributed by atoms with Gasteiger partial charge < -0.3 is 9.47 Å². The van der Waals surface area contributed by atoms with E-state index in [-0.39, 0.29) is 12.5 Å². The summed E-state index contributed by atoms with van der Waals surface area (Å²) in [7, 11) is 0. The number of rotatable bonds is 6. The molecule has 4 heteroatoms. The second-order valence-corrected chi connectivity index (χ2v) is 10.2. The van der Waals surface area contributed by atoms with Crippen LogP contribution in [0, 0.1) is 5.92 Å². The zero-order valence-corrected chi connectivity index (χ0v) is 21.3. The van der Waals surface area contributed by atoms with Crippen LogP contribution in [0.25, 0.3) is 32.3 Å². The molecule has 1 atom stereocenters. The molecule has 190 valence electrons. The van der Waals surface area contributed by atoms with Gasteiger partial charge in [0.25, 0.3) is 0 Å². The molecule has 0 unspecified atom stereocenters. The normalized spacial score (nSPS) is 14.9. The Morgan fingerprint density at radius 1 is 0.684 bits per heavy atom. The molecule has 5 aromatic carbocycles. The maximum atomic E-state index is 13.6. The van der Waals surface area contributed by atoms with Crippen LogP contribution in [0.5, 0.6) is 0 Å². The Labute approximate surface area is 222 Å². The van der Waals surface area contributed by atoms with Crippen LogP contribution in [0.3, 0.4) is 0 Å². The molecule has 38 heavy (non-hydrogen) atoms. The molecule has 0 N–H and O–H groups in total. The summed E-state index contributed by atoms with van der Waals surface area (Å²) in [6.07, 6.45) is 3.96. The van der Waals surface area contributed by atoms with Crippen molar-refractivity contribution in [2.45, 2.75) is 44.8 Å². The number of hydrogen-bond acceptors (Lipinski definition) is 4. The largest absolute Gasteiger partial charge is 0.458 e. The van der Waals surface area contributed by atoms with Crippen LogP contribution in [0.1, 0.15) is 48.0 Å². The summed E-state index contributed by atoms with van der Waals surface area (Å²) in [5.74, 6) is -0.994. The van der Waals surface area contributed by atoms with Crippen LogP contribution in [-0.4, -0.2) is 18.0 Å². The quantitative estimate of drug-likeness (QED) is 0.174. The van der Waals surface area contributed by atoms with E-state index in [0.29, 0.717) is 5.56 Å². The van der Waals surface area contributed by atoms with Crippen molar-refractivity contribution in [3.63, 3.8) is 0 Å². The molecule has 1 fully saturated rings. The van der Waals surface area contributed by atoms with E-state index in [1.54, 1.807) is 6.07 Å². The molecule has 0 radical (unpaired) electrons. The van der Waals surface area contributed by atoms with Gasteiger partial charge in [-0.1, -0.05) is 98.1 Å². The molecule has 5 aromatic rings. The van der Waals surface area contributed by atoms with Crippen LogP contribution in [0.4, 0.5) is 0 Å². The molecule has 0 aliphatic heterocycles. The number of fused-ring (bicyclic) bond motifs is 3. The Bertz CT molecular complexity index is 1580. The number of benzene rings is 5. The van der Waals surface area contributed by atoms with E-state index in [0.717, 1.165) is 70.0 Å². The second-order valence-electron chi connectivity index (χ2n) is 10.2. The monoisotopic (exact) mass is 502 g/mol. The van der Waals surface area contributed by atoms with Gasteiger partial charge in [0, 0.05) is 11.5 Å². The Balaban J connectivity index is 1.27. The molecular formula is C34H30O4. The average Bonchev–Trinajstić information content (AvgIpc) is 2.98. The number of carbonyl (C=O) groups excluding carboxylic acids is 2. The lowest BCUT2D eigenvalue weighted by molar-refractivity contribution is -0.159. The van der Waals surface area contributed by atoms with Crippen LogP contribution < -0.4 is 0 Å². The number of ether oxygens (including phenoxy) is 2. The van der Waals surface area contributed by atoms with Crippen LogP contribution in [-0.2, 0) is 20.9 Å². The zero-order valence-electron chi connectivity index (χ0n) is 21.3. The van der Waals surface area contributed by atoms with Crippen LogP contribution in [0.2, 0.25) is 0 Å². The molecule has 4 nitrogen and oxygen atoms in total. The predicted molar refractivity (Wildman–Crippen MR) is 151 cm³/mol. The molecule has 1 aliphatic carbocycles. The highest BCUT2D eigenvalue weighted by atomic mass is 16.6. The first-order valence-corrected chi connectivity index (χ1v) is 13.4. The summed E-state index contributed by atoms with van der Waals surface area (Å²) >= 11 is 0. The van der Waals surface area contributed by atoms with Gasteiger partial charge in [0.15, 0.2) is 0 Å². The third-order valence-corrected chi connectivity index (χ3v) is 7.77. The van der Waals surface area contributed by atoms with Gasteiger partial charge in [0.1, 0.15) is 6.61 Å². The summed E-state index contributed by atoms with van der Waals surface area (Å²) in [6, 6.07) is 31.8. The highest BCUT2D eigenvalue weighted by Gasteiger charge is 2.34. The molecular weight excluding hydrogens is 472 g/mol. The highest BCUT2D eigenvalue weighted by molar-refractivity contribution is 6.02. The van der Waals surface area contributed by atoms with Gasteiger partial charge in [-0.25, -0.2) is 9.59 Å². The summed E-state index contributed by atoms with van der Waals surface area (Å²) in [4.78, 5) is 26.8. The van der Waals surface area contributed by atoms with E-state index in [1.165, 1.54) is 0 Å². The topological polar surface area (TPSA) is 52.6 Å². The Hall–Kier alpha value is -4.18. The van der Waals surface area contributed by atoms with E-state index in [2.05, 4.69) is 30.3 Å². The van der Waals surface area contributed by atoms with E-state index in [4.69, 9.17) is 9.47 Å². The molecule has 1 aliphatic rings. The first kappa shape index (κ1) is 24.2. The van der Waals surface area contributed by atoms with Gasteiger partial charge in [-0.05, 0) is 63.4 Å². The van der Waals surface area contributed by atoms with E-state index in [1.807, 2.05) is 60.7 Å². The minimum Gasteiger partial charge on any atom is -0.458 e. The molecule has 0 saturated heterocycles. The molecule has 0 spiro atoms. The predicted octanol–water partition coefficient (Wildman–Crippen LogP) is 8.00. The van der Waals surface area contributed by atoms with Crippen molar-refractivity contribution in [3.8, 4) is 0 Å². The smallest absolute Gasteiger partial charge is 0.348 e. The Morgan fingerprint density at radius 3 is 1.97 bits per heavy atom. The molecule has 0 heterocycles. The molecule has 0 amide bonds. The molecule has 0 bridgehead atoms. The van der Waals surface area contributed by atoms with E-state index >= 15 is 0 Å². The third-order valence-electron chi connectivity index (χ3n) is 7.77. The van der Waals surface area contributed by atoms with Crippen molar-refractivity contribution >= 4 is 44.3 Å². The summed E-state index contributed by atoms with van der Waals surface area (Å²) in [5, 5.41) is 6.33. The summed E-state index contributed by atoms with van der Waals surface area (Å²) < 4.78 is 11.9. The fourth-order valence-corrected chi connectivity index (χ4v) is 5.76. The van der Waals surface area contributed by atoms with Gasteiger partial charge >= 0.3 is 11.9 Å². The van der Waals surface area contributed by atoms with Gasteiger partial charge in [-0.3, -0.25) is 0 Å². The van der Waals surface area contributed by atoms with Crippen molar-refractivity contribution in [1.82, 2.24) is 0 Å². The molecule has 6 rings (SSSR count). The van der Waals surface area contributed by atoms with Crippen molar-refractivity contribution in [2.75, 3.05) is 0 Å². The SMILES string of the molecule is O=C(O[C@H](C(=O)OCc1c2ccccc2cc2ccccc12)C1CCCCC1)c1ccc2ccccc2c1. The van der Waals surface area contributed by atoms with E-state index in [9.17, 15) is 9.59 Å². The van der Waals surface area contributed by atoms with Gasteiger partial charge in [0.2, 0.25) is 6.10 Å². The number of esters is 2. The minimum atomic E-state index is -0.921. The zero-order chi connectivity index (χ0) is 25.9. The molecule has 1 saturated carbocycles. The summed E-state index contributed by atoms with van der Waals surface area (Å²) in [6.45, 7) is 0.122. The fraction of sp³-hybridized carbons (Fsp3) is 0.235. The lowest BCUT2D eigenvalue weighted by atomic mass is 9.85. The average molecular weight is 503 g/mol. The first-order chi connectivity index (χ1) is 18.7. The van der Waals surface area contributed by atoms with Crippen molar-refractivity contribution in [1.29, 1.82) is 0 Å². The lowest BCUT2D eigenvalue weighted by Crippen LogP contribution is -2.37. The third kappa shape index (κ3) is 4.87. The number of hydrogen-bond donors (Lipinski definition) is 0. The highest BCUT2D eigenvalue weighted by Crippen LogP contribution is 2.32. The van der Waals surface area contributed by atoms with Crippen LogP contribution >= 0.6 is 0 Å². The first-order valence-electron chi connectivity index (χ1n) is 13.4. The van der Waals surface area contributed by atoms with Gasteiger partial charge in [-0.2, -0.15) is 0 Å². The van der Waals surface area contributed by atoms with Crippen molar-refractivity contribution in [3.05, 3.63) is 108 Å². The maximum Gasteiger partial charge on any atom is 0.348 e. The minimum absolute atomic E-state index is 0.0371. The Morgan fingerprint density at radius 2 is 1.29 bits per heavy atom. The van der Waals surface area contributed by atoms with Gasteiger partial charge in [0.05, 0.1) is 5.56 Å². The van der Waals surface area contributed by atoms with E-state index < -0.39 is 18.0 Å².